The first-order chi connectivity index (χ1) is 12.6. The van der Waals surface area contributed by atoms with Crippen LogP contribution in [0.2, 0.25) is 10.0 Å². The van der Waals surface area contributed by atoms with Gasteiger partial charge in [-0.25, -0.2) is 0 Å². The number of halogens is 2. The zero-order chi connectivity index (χ0) is 18.4. The number of carbonyl (C=O) groups is 1. The normalized spacial score (nSPS) is 16.3. The van der Waals surface area contributed by atoms with Gasteiger partial charge in [0.15, 0.2) is 6.61 Å². The Morgan fingerprint density at radius 1 is 1.15 bits per heavy atom. The van der Waals surface area contributed by atoms with E-state index in [1.165, 1.54) is 0 Å². The third kappa shape index (κ3) is 5.53. The molecular formula is C19H20Cl2N2O3. The quantitative estimate of drug-likeness (QED) is 0.719. The first-order valence-electron chi connectivity index (χ1n) is 8.43. The first-order valence-corrected chi connectivity index (χ1v) is 9.19. The van der Waals surface area contributed by atoms with Gasteiger partial charge in [0.2, 0.25) is 0 Å². The second-order valence-electron chi connectivity index (χ2n) is 6.00. The molecule has 1 atom stereocenters. The van der Waals surface area contributed by atoms with Gasteiger partial charge in [-0.05, 0) is 55.3 Å². The van der Waals surface area contributed by atoms with Crippen molar-refractivity contribution >= 4 is 40.5 Å². The van der Waals surface area contributed by atoms with Gasteiger partial charge in [0.1, 0.15) is 5.75 Å². The van der Waals surface area contributed by atoms with E-state index in [2.05, 4.69) is 10.6 Å². The minimum atomic E-state index is -0.268. The summed E-state index contributed by atoms with van der Waals surface area (Å²) in [5, 5.41) is 7.00. The Morgan fingerprint density at radius 3 is 2.62 bits per heavy atom. The highest BCUT2D eigenvalue weighted by Gasteiger charge is 2.14. The molecule has 1 saturated heterocycles. The van der Waals surface area contributed by atoms with Crippen molar-refractivity contribution < 1.29 is 14.3 Å². The van der Waals surface area contributed by atoms with E-state index < -0.39 is 0 Å². The Bertz CT molecular complexity index is 747. The average Bonchev–Trinajstić information content (AvgIpc) is 3.14. The Morgan fingerprint density at radius 2 is 1.92 bits per heavy atom. The summed E-state index contributed by atoms with van der Waals surface area (Å²) in [6, 6.07) is 12.4. The molecule has 0 bridgehead atoms. The predicted molar refractivity (Wildman–Crippen MR) is 104 cm³/mol. The smallest absolute Gasteiger partial charge is 0.262 e. The van der Waals surface area contributed by atoms with Gasteiger partial charge in [-0.1, -0.05) is 23.2 Å². The van der Waals surface area contributed by atoms with Crippen LogP contribution in [-0.2, 0) is 9.53 Å². The maximum absolute atomic E-state index is 12.0. The lowest BCUT2D eigenvalue weighted by molar-refractivity contribution is -0.118. The van der Waals surface area contributed by atoms with Gasteiger partial charge in [0, 0.05) is 29.5 Å². The first kappa shape index (κ1) is 18.8. The minimum Gasteiger partial charge on any atom is -0.482 e. The topological polar surface area (TPSA) is 59.6 Å². The lowest BCUT2D eigenvalue weighted by Gasteiger charge is -2.13. The maximum Gasteiger partial charge on any atom is 0.262 e. The van der Waals surface area contributed by atoms with Crippen LogP contribution in [0.15, 0.2) is 42.5 Å². The summed E-state index contributed by atoms with van der Waals surface area (Å²) in [5.41, 5.74) is 1.69. The molecule has 0 aromatic heterocycles. The van der Waals surface area contributed by atoms with Crippen molar-refractivity contribution in [1.29, 1.82) is 0 Å². The third-order valence-corrected chi connectivity index (χ3v) is 4.51. The molecule has 1 aliphatic heterocycles. The lowest BCUT2D eigenvalue weighted by Crippen LogP contribution is -2.20. The van der Waals surface area contributed by atoms with E-state index in [1.807, 2.05) is 24.3 Å². The van der Waals surface area contributed by atoms with Gasteiger partial charge in [-0.15, -0.1) is 0 Å². The number of carbonyl (C=O) groups excluding carboxylic acids is 1. The van der Waals surface area contributed by atoms with Gasteiger partial charge in [-0.3, -0.25) is 4.79 Å². The molecule has 26 heavy (non-hydrogen) atoms. The number of benzene rings is 2. The fraction of sp³-hybridized carbons (Fsp3) is 0.316. The van der Waals surface area contributed by atoms with Crippen LogP contribution in [0.25, 0.3) is 0 Å². The van der Waals surface area contributed by atoms with Gasteiger partial charge in [-0.2, -0.15) is 0 Å². The van der Waals surface area contributed by atoms with E-state index in [0.29, 0.717) is 21.5 Å². The Hall–Kier alpha value is -1.95. The number of anilines is 2. The van der Waals surface area contributed by atoms with E-state index in [-0.39, 0.29) is 18.6 Å². The molecule has 2 aromatic carbocycles. The maximum atomic E-state index is 12.0. The van der Waals surface area contributed by atoms with Crippen molar-refractivity contribution in [1.82, 2.24) is 0 Å². The average molecular weight is 395 g/mol. The summed E-state index contributed by atoms with van der Waals surface area (Å²) in [5.74, 6) is 0.149. The highest BCUT2D eigenvalue weighted by molar-refractivity contribution is 6.35. The molecule has 3 rings (SSSR count). The number of hydrogen-bond acceptors (Lipinski definition) is 4. The van der Waals surface area contributed by atoms with Crippen LogP contribution in [0.4, 0.5) is 11.4 Å². The zero-order valence-electron chi connectivity index (χ0n) is 14.1. The highest BCUT2D eigenvalue weighted by atomic mass is 35.5. The molecule has 0 radical (unpaired) electrons. The third-order valence-electron chi connectivity index (χ3n) is 3.98. The summed E-state index contributed by atoms with van der Waals surface area (Å²) in [6.07, 6.45) is 2.51. The fourth-order valence-electron chi connectivity index (χ4n) is 2.64. The highest BCUT2D eigenvalue weighted by Crippen LogP contribution is 2.27. The molecule has 1 fully saturated rings. The molecule has 5 nitrogen and oxygen atoms in total. The fourth-order valence-corrected chi connectivity index (χ4v) is 3.10. The van der Waals surface area contributed by atoms with Crippen molar-refractivity contribution in [3.05, 3.63) is 52.5 Å². The predicted octanol–water partition coefficient (Wildman–Crippen LogP) is 4.60. The molecule has 1 aliphatic rings. The Kier molecular flexibility index (Phi) is 6.61. The second-order valence-corrected chi connectivity index (χ2v) is 6.85. The summed E-state index contributed by atoms with van der Waals surface area (Å²) in [7, 11) is 0. The van der Waals surface area contributed by atoms with Crippen LogP contribution < -0.4 is 15.4 Å². The molecule has 1 unspecified atom stereocenters. The van der Waals surface area contributed by atoms with E-state index in [1.54, 1.807) is 18.2 Å². The van der Waals surface area contributed by atoms with Crippen molar-refractivity contribution in [2.45, 2.75) is 18.9 Å². The number of amides is 1. The van der Waals surface area contributed by atoms with E-state index in [9.17, 15) is 4.79 Å². The molecule has 0 saturated carbocycles. The van der Waals surface area contributed by atoms with Gasteiger partial charge in [0.25, 0.3) is 5.91 Å². The molecule has 7 heteroatoms. The molecule has 1 amide bonds. The summed E-state index contributed by atoms with van der Waals surface area (Å²) in [6.45, 7) is 1.50. The number of rotatable bonds is 7. The van der Waals surface area contributed by atoms with Crippen LogP contribution >= 0.6 is 23.2 Å². The molecule has 138 valence electrons. The van der Waals surface area contributed by atoms with Gasteiger partial charge >= 0.3 is 0 Å². The minimum absolute atomic E-state index is 0.139. The van der Waals surface area contributed by atoms with Gasteiger partial charge in [0.05, 0.1) is 11.1 Å². The molecule has 1 heterocycles. The summed E-state index contributed by atoms with van der Waals surface area (Å²) in [4.78, 5) is 12.0. The molecule has 0 aliphatic carbocycles. The standard InChI is InChI=1S/C19H20Cl2N2O3/c20-13-3-8-18(17(21)10-13)26-12-19(24)23-15-6-4-14(5-7-15)22-11-16-2-1-9-25-16/h3-8,10,16,22H,1-2,9,11-12H2,(H,23,24). The molecule has 2 N–H and O–H groups in total. The second kappa shape index (κ2) is 9.12. The van der Waals surface area contributed by atoms with Gasteiger partial charge < -0.3 is 20.1 Å². The zero-order valence-corrected chi connectivity index (χ0v) is 15.6. The molecule has 2 aromatic rings. The van der Waals surface area contributed by atoms with Crippen molar-refractivity contribution in [3.63, 3.8) is 0 Å². The van der Waals surface area contributed by atoms with E-state index in [0.717, 1.165) is 31.7 Å². The Balaban J connectivity index is 1.44. The number of ether oxygens (including phenoxy) is 2. The largest absolute Gasteiger partial charge is 0.482 e. The Labute approximate surface area is 162 Å². The van der Waals surface area contributed by atoms with Crippen LogP contribution in [-0.4, -0.2) is 31.8 Å². The molecule has 0 spiro atoms. The van der Waals surface area contributed by atoms with Crippen LogP contribution in [0.1, 0.15) is 12.8 Å². The van der Waals surface area contributed by atoms with E-state index in [4.69, 9.17) is 32.7 Å². The summed E-state index contributed by atoms with van der Waals surface area (Å²) >= 11 is 11.8. The number of hydrogen-bond donors (Lipinski definition) is 2. The number of nitrogens with one attached hydrogen (secondary N) is 2. The van der Waals surface area contributed by atoms with Crippen molar-refractivity contribution in [2.24, 2.45) is 0 Å². The molecular weight excluding hydrogens is 375 g/mol. The van der Waals surface area contributed by atoms with Crippen molar-refractivity contribution in [3.8, 4) is 5.75 Å². The lowest BCUT2D eigenvalue weighted by atomic mass is 10.2. The van der Waals surface area contributed by atoms with Crippen LogP contribution in [0.3, 0.4) is 0 Å². The monoisotopic (exact) mass is 394 g/mol. The van der Waals surface area contributed by atoms with E-state index >= 15 is 0 Å². The van der Waals surface area contributed by atoms with Crippen molar-refractivity contribution in [2.75, 3.05) is 30.4 Å². The summed E-state index contributed by atoms with van der Waals surface area (Å²) < 4.78 is 11.0. The SMILES string of the molecule is O=C(COc1ccc(Cl)cc1Cl)Nc1ccc(NCC2CCCO2)cc1. The van der Waals surface area contributed by atoms with Crippen LogP contribution in [0, 0.1) is 0 Å². The van der Waals surface area contributed by atoms with Crippen LogP contribution in [0.5, 0.6) is 5.75 Å².